The fraction of sp³-hybridized carbons (Fsp3) is 0.267. The van der Waals surface area contributed by atoms with Crippen molar-refractivity contribution in [2.24, 2.45) is 0 Å². The predicted octanol–water partition coefficient (Wildman–Crippen LogP) is 3.90. The first-order valence-electron chi connectivity index (χ1n) is 7.00. The summed E-state index contributed by atoms with van der Waals surface area (Å²) in [6.45, 7) is 5.98. The number of hydrogen-bond acceptors (Lipinski definition) is 5. The summed E-state index contributed by atoms with van der Waals surface area (Å²) < 4.78 is 26.3. The molecule has 0 aliphatic heterocycles. The van der Waals surface area contributed by atoms with E-state index in [0.29, 0.717) is 34.0 Å². The molecule has 0 saturated carbocycles. The number of carbonyl (C=O) groups excluding carboxylic acids is 1. The smallest absolute Gasteiger partial charge is 0.288 e. The molecule has 9 heteroatoms. The van der Waals surface area contributed by atoms with Crippen LogP contribution >= 0.6 is 23.5 Å². The van der Waals surface area contributed by atoms with Crippen LogP contribution in [0.25, 0.3) is 0 Å². The van der Waals surface area contributed by atoms with E-state index in [4.69, 9.17) is 0 Å². The largest absolute Gasteiger partial charge is 0.325 e. The number of allylic oxidation sites excluding steroid dienone is 1. The number of aromatic nitrogens is 3. The zero-order chi connectivity index (χ0) is 17.5. The molecular weight excluding hydrogens is 354 g/mol. The number of benzene rings is 1. The maximum absolute atomic E-state index is 12.3. The lowest BCUT2D eigenvalue weighted by Gasteiger charge is -2.12. The van der Waals surface area contributed by atoms with Crippen LogP contribution < -0.4 is 5.32 Å². The zero-order valence-electron chi connectivity index (χ0n) is 12.9. The van der Waals surface area contributed by atoms with Crippen molar-refractivity contribution in [3.8, 4) is 0 Å². The van der Waals surface area contributed by atoms with E-state index >= 15 is 0 Å². The van der Waals surface area contributed by atoms with E-state index in [9.17, 15) is 13.6 Å². The van der Waals surface area contributed by atoms with Crippen LogP contribution in [0.4, 0.5) is 14.5 Å². The second-order valence-electron chi connectivity index (χ2n) is 4.71. The first-order chi connectivity index (χ1) is 11.5. The third-order valence-electron chi connectivity index (χ3n) is 2.90. The first-order valence-corrected chi connectivity index (χ1v) is 8.76. The quantitative estimate of drug-likeness (QED) is 0.564. The van der Waals surface area contributed by atoms with Crippen LogP contribution in [0, 0.1) is 0 Å². The molecule has 1 N–H and O–H groups in total. The van der Waals surface area contributed by atoms with Gasteiger partial charge in [-0.25, -0.2) is 0 Å². The van der Waals surface area contributed by atoms with Crippen LogP contribution in [0.5, 0.6) is 0 Å². The minimum Gasteiger partial charge on any atom is -0.325 e. The van der Waals surface area contributed by atoms with Crippen molar-refractivity contribution in [2.45, 2.75) is 34.5 Å². The summed E-state index contributed by atoms with van der Waals surface area (Å²) in [5, 5.41) is 10.8. The van der Waals surface area contributed by atoms with Crippen LogP contribution in [0.2, 0.25) is 0 Å². The van der Waals surface area contributed by atoms with Crippen LogP contribution in [-0.2, 0) is 11.3 Å². The maximum atomic E-state index is 12.3. The standard InChI is InChI=1S/C15H16F2N4OS2/c1-3-8-21-9-18-20-15(21)23-10(2)13(22)19-11-4-6-12(7-5-11)24-14(16)17/h3-7,9-10,14H,1,8H2,2H3,(H,19,22)/t10-/m1/s1. The van der Waals surface area contributed by atoms with Crippen LogP contribution in [0.15, 0.2) is 53.3 Å². The third-order valence-corrected chi connectivity index (χ3v) is 4.72. The van der Waals surface area contributed by atoms with Gasteiger partial charge >= 0.3 is 0 Å². The summed E-state index contributed by atoms with van der Waals surface area (Å²) >= 11 is 1.75. The lowest BCUT2D eigenvalue weighted by molar-refractivity contribution is -0.115. The van der Waals surface area contributed by atoms with Crippen molar-refractivity contribution < 1.29 is 13.6 Å². The highest BCUT2D eigenvalue weighted by atomic mass is 32.2. The van der Waals surface area contributed by atoms with Crippen LogP contribution in [0.1, 0.15) is 6.92 Å². The van der Waals surface area contributed by atoms with Gasteiger partial charge in [0.2, 0.25) is 5.91 Å². The molecule has 1 heterocycles. The molecule has 2 rings (SSSR count). The summed E-state index contributed by atoms with van der Waals surface area (Å²) in [7, 11) is 0. The van der Waals surface area contributed by atoms with E-state index in [-0.39, 0.29) is 5.91 Å². The topological polar surface area (TPSA) is 59.8 Å². The van der Waals surface area contributed by atoms with Gasteiger partial charge in [0.25, 0.3) is 5.76 Å². The number of nitrogens with zero attached hydrogens (tertiary/aromatic N) is 3. The Balaban J connectivity index is 1.93. The molecule has 5 nitrogen and oxygen atoms in total. The van der Waals surface area contributed by atoms with Gasteiger partial charge in [-0.2, -0.15) is 8.78 Å². The molecule has 1 amide bonds. The van der Waals surface area contributed by atoms with Gasteiger partial charge in [0, 0.05) is 17.1 Å². The van der Waals surface area contributed by atoms with Gasteiger partial charge in [0.1, 0.15) is 6.33 Å². The molecule has 0 bridgehead atoms. The van der Waals surface area contributed by atoms with Crippen molar-refractivity contribution in [2.75, 3.05) is 5.32 Å². The summed E-state index contributed by atoms with van der Waals surface area (Å²) in [6, 6.07) is 6.29. The van der Waals surface area contributed by atoms with E-state index in [1.165, 1.54) is 11.8 Å². The van der Waals surface area contributed by atoms with Gasteiger partial charge in [-0.05, 0) is 31.2 Å². The van der Waals surface area contributed by atoms with Crippen molar-refractivity contribution >= 4 is 35.1 Å². The van der Waals surface area contributed by atoms with Crippen molar-refractivity contribution in [1.29, 1.82) is 0 Å². The van der Waals surface area contributed by atoms with Crippen molar-refractivity contribution in [1.82, 2.24) is 14.8 Å². The number of rotatable bonds is 8. The summed E-state index contributed by atoms with van der Waals surface area (Å²) in [4.78, 5) is 12.7. The molecule has 0 spiro atoms. The number of nitrogens with one attached hydrogen (secondary N) is 1. The average Bonchev–Trinajstić information content (AvgIpc) is 2.96. The highest BCUT2D eigenvalue weighted by Gasteiger charge is 2.18. The molecule has 24 heavy (non-hydrogen) atoms. The normalized spacial score (nSPS) is 12.2. The lowest BCUT2D eigenvalue weighted by Crippen LogP contribution is -2.22. The molecule has 0 aliphatic carbocycles. The molecule has 0 unspecified atom stereocenters. The van der Waals surface area contributed by atoms with Gasteiger partial charge in [-0.3, -0.25) is 4.79 Å². The highest BCUT2D eigenvalue weighted by molar-refractivity contribution is 8.00. The molecule has 0 fully saturated rings. The zero-order valence-corrected chi connectivity index (χ0v) is 14.5. The molecule has 1 aromatic carbocycles. The van der Waals surface area contributed by atoms with E-state index in [2.05, 4.69) is 22.1 Å². The predicted molar refractivity (Wildman–Crippen MR) is 92.5 cm³/mol. The SMILES string of the molecule is C=CCn1cnnc1S[C@H](C)C(=O)Nc1ccc(SC(F)F)cc1. The number of anilines is 1. The summed E-state index contributed by atoms with van der Waals surface area (Å²) in [5.41, 5.74) is 0.554. The fourth-order valence-corrected chi connectivity index (χ4v) is 3.11. The second kappa shape index (κ2) is 8.84. The summed E-state index contributed by atoms with van der Waals surface area (Å²) in [6.07, 6.45) is 3.30. The molecule has 0 radical (unpaired) electrons. The molecule has 2 aromatic rings. The first kappa shape index (κ1) is 18.5. The van der Waals surface area contributed by atoms with Gasteiger partial charge in [-0.15, -0.1) is 16.8 Å². The van der Waals surface area contributed by atoms with Crippen LogP contribution in [0.3, 0.4) is 0 Å². The summed E-state index contributed by atoms with van der Waals surface area (Å²) in [5.74, 6) is -2.67. The van der Waals surface area contributed by atoms with Gasteiger partial charge < -0.3 is 9.88 Å². The highest BCUT2D eigenvalue weighted by Crippen LogP contribution is 2.27. The van der Waals surface area contributed by atoms with Crippen molar-refractivity contribution in [3.05, 3.63) is 43.2 Å². The Morgan fingerprint density at radius 1 is 1.38 bits per heavy atom. The third kappa shape index (κ3) is 5.34. The number of thioether (sulfide) groups is 2. The Hall–Kier alpha value is -1.87. The number of amides is 1. The second-order valence-corrected chi connectivity index (χ2v) is 7.08. The molecule has 0 saturated heterocycles. The Bertz CT molecular complexity index is 691. The van der Waals surface area contributed by atoms with Crippen LogP contribution in [-0.4, -0.2) is 31.7 Å². The lowest BCUT2D eigenvalue weighted by atomic mass is 10.3. The van der Waals surface area contributed by atoms with Gasteiger partial charge in [0.05, 0.1) is 5.25 Å². The maximum Gasteiger partial charge on any atom is 0.288 e. The average molecular weight is 370 g/mol. The molecule has 0 aliphatic rings. The van der Waals surface area contributed by atoms with Crippen molar-refractivity contribution in [3.63, 3.8) is 0 Å². The van der Waals surface area contributed by atoms with E-state index in [0.717, 1.165) is 0 Å². The van der Waals surface area contributed by atoms with Gasteiger partial charge in [0.15, 0.2) is 5.16 Å². The van der Waals surface area contributed by atoms with E-state index in [1.807, 2.05) is 0 Å². The molecule has 1 atom stereocenters. The number of alkyl halides is 2. The van der Waals surface area contributed by atoms with E-state index < -0.39 is 11.0 Å². The van der Waals surface area contributed by atoms with Gasteiger partial charge in [-0.1, -0.05) is 29.6 Å². The minimum absolute atomic E-state index is 0.206. The molecule has 128 valence electrons. The number of hydrogen-bond donors (Lipinski definition) is 1. The Morgan fingerprint density at radius 3 is 2.71 bits per heavy atom. The monoisotopic (exact) mass is 370 g/mol. The van der Waals surface area contributed by atoms with E-state index in [1.54, 1.807) is 48.2 Å². The number of halogens is 2. The fourth-order valence-electron chi connectivity index (χ4n) is 1.78. The molecular formula is C15H16F2N4OS2. The Kier molecular flexibility index (Phi) is 6.80. The Morgan fingerprint density at radius 2 is 2.08 bits per heavy atom. The molecule has 1 aromatic heterocycles. The number of carbonyl (C=O) groups is 1. The Labute approximate surface area is 146 Å². The minimum atomic E-state index is -2.46.